The molecule has 1 heterocycles. The number of carbonyl (C=O) groups is 1. The minimum absolute atomic E-state index is 0.0732. The van der Waals surface area contributed by atoms with Crippen molar-refractivity contribution in [1.82, 2.24) is 14.1 Å². The van der Waals surface area contributed by atoms with Crippen LogP contribution in [0.4, 0.5) is 5.82 Å². The van der Waals surface area contributed by atoms with E-state index in [1.807, 2.05) is 13.8 Å². The molecule has 148 valence electrons. The average molecular weight is 413 g/mol. The zero-order valence-corrected chi connectivity index (χ0v) is 17.5. The maximum Gasteiger partial charge on any atom is 0.256 e. The Kier molecular flexibility index (Phi) is 7.02. The highest BCUT2D eigenvalue weighted by Gasteiger charge is 2.25. The number of nitrogens with one attached hydrogen (secondary N) is 1. The van der Waals surface area contributed by atoms with Gasteiger partial charge < -0.3 is 5.32 Å². The van der Waals surface area contributed by atoms with Crippen LogP contribution in [0.5, 0.6) is 0 Å². The van der Waals surface area contributed by atoms with Crippen LogP contribution in [-0.4, -0.2) is 41.5 Å². The summed E-state index contributed by atoms with van der Waals surface area (Å²) in [7, 11) is -3.77. The number of halogens is 1. The Morgan fingerprint density at radius 2 is 1.93 bits per heavy atom. The first-order valence-corrected chi connectivity index (χ1v) is 10.7. The molecular formula is C18H25ClN4O3S. The van der Waals surface area contributed by atoms with Gasteiger partial charge in [0.1, 0.15) is 10.7 Å². The van der Waals surface area contributed by atoms with Gasteiger partial charge in [0.05, 0.1) is 17.3 Å². The van der Waals surface area contributed by atoms with E-state index in [1.54, 1.807) is 30.8 Å². The number of carbonyl (C=O) groups excluding carboxylic acids is 1. The number of anilines is 1. The Bertz CT molecular complexity index is 907. The molecule has 0 fully saturated rings. The van der Waals surface area contributed by atoms with E-state index in [9.17, 15) is 13.2 Å². The van der Waals surface area contributed by atoms with E-state index < -0.39 is 15.9 Å². The maximum absolute atomic E-state index is 12.8. The molecule has 1 aromatic heterocycles. The van der Waals surface area contributed by atoms with E-state index in [0.717, 1.165) is 6.42 Å². The first-order valence-electron chi connectivity index (χ1n) is 8.90. The molecule has 7 nitrogen and oxygen atoms in total. The van der Waals surface area contributed by atoms with Crippen molar-refractivity contribution in [2.75, 3.05) is 18.4 Å². The summed E-state index contributed by atoms with van der Waals surface area (Å²) < 4.78 is 28.6. The third-order valence-electron chi connectivity index (χ3n) is 4.44. The molecular weight excluding hydrogens is 388 g/mol. The van der Waals surface area contributed by atoms with Gasteiger partial charge in [-0.1, -0.05) is 32.4 Å². The molecule has 0 aliphatic heterocycles. The second kappa shape index (κ2) is 8.86. The average Bonchev–Trinajstić information content (AvgIpc) is 3.10. The molecule has 0 radical (unpaired) electrons. The van der Waals surface area contributed by atoms with Gasteiger partial charge in [0.15, 0.2) is 0 Å². The van der Waals surface area contributed by atoms with Crippen molar-refractivity contribution in [3.63, 3.8) is 0 Å². The summed E-state index contributed by atoms with van der Waals surface area (Å²) in [5.74, 6) is 0.130. The van der Waals surface area contributed by atoms with Gasteiger partial charge in [0.2, 0.25) is 10.0 Å². The fourth-order valence-electron chi connectivity index (χ4n) is 2.67. The third-order valence-corrected chi connectivity index (χ3v) is 6.97. The van der Waals surface area contributed by atoms with Crippen LogP contribution in [-0.2, 0) is 10.0 Å². The maximum atomic E-state index is 12.8. The van der Waals surface area contributed by atoms with Gasteiger partial charge in [0, 0.05) is 24.7 Å². The second-order valence-electron chi connectivity index (χ2n) is 6.11. The SMILES string of the molecule is CC[C@@H](C)n1nccc1NC(=O)c1ccc(Cl)c(S(=O)(=O)N(CC)CC)c1. The zero-order chi connectivity index (χ0) is 20.2. The molecule has 0 saturated carbocycles. The fourth-order valence-corrected chi connectivity index (χ4v) is 4.63. The number of benzene rings is 1. The number of amides is 1. The van der Waals surface area contributed by atoms with E-state index in [-0.39, 0.29) is 21.5 Å². The summed E-state index contributed by atoms with van der Waals surface area (Å²) in [4.78, 5) is 12.6. The van der Waals surface area contributed by atoms with Crippen LogP contribution >= 0.6 is 11.6 Å². The Morgan fingerprint density at radius 1 is 1.26 bits per heavy atom. The molecule has 0 saturated heterocycles. The highest BCUT2D eigenvalue weighted by molar-refractivity contribution is 7.89. The van der Waals surface area contributed by atoms with Gasteiger partial charge in [-0.3, -0.25) is 4.79 Å². The van der Waals surface area contributed by atoms with Crippen LogP contribution in [0.25, 0.3) is 0 Å². The summed E-state index contributed by atoms with van der Waals surface area (Å²) in [5, 5.41) is 7.10. The monoisotopic (exact) mass is 412 g/mol. The summed E-state index contributed by atoms with van der Waals surface area (Å²) >= 11 is 6.12. The molecule has 2 rings (SSSR count). The molecule has 1 amide bonds. The normalized spacial score (nSPS) is 13.0. The van der Waals surface area contributed by atoms with Crippen molar-refractivity contribution in [2.45, 2.75) is 45.1 Å². The lowest BCUT2D eigenvalue weighted by Crippen LogP contribution is -2.31. The molecule has 1 N–H and O–H groups in total. The summed E-state index contributed by atoms with van der Waals surface area (Å²) in [6.07, 6.45) is 2.47. The predicted octanol–water partition coefficient (Wildman–Crippen LogP) is 3.79. The smallest absolute Gasteiger partial charge is 0.256 e. The number of rotatable bonds is 8. The third kappa shape index (κ3) is 4.51. The van der Waals surface area contributed by atoms with Gasteiger partial charge in [-0.2, -0.15) is 9.40 Å². The molecule has 9 heteroatoms. The Labute approximate surface area is 165 Å². The number of aromatic nitrogens is 2. The molecule has 1 atom stereocenters. The van der Waals surface area contributed by atoms with Crippen LogP contribution in [0.2, 0.25) is 5.02 Å². The molecule has 27 heavy (non-hydrogen) atoms. The van der Waals surface area contributed by atoms with Crippen molar-refractivity contribution >= 4 is 33.3 Å². The lowest BCUT2D eigenvalue weighted by atomic mass is 10.2. The van der Waals surface area contributed by atoms with Crippen molar-refractivity contribution < 1.29 is 13.2 Å². The van der Waals surface area contributed by atoms with E-state index >= 15 is 0 Å². The summed E-state index contributed by atoms with van der Waals surface area (Å²) in [6, 6.07) is 6.07. The minimum atomic E-state index is -3.77. The summed E-state index contributed by atoms with van der Waals surface area (Å²) in [6.45, 7) is 8.17. The van der Waals surface area contributed by atoms with Crippen molar-refractivity contribution in [1.29, 1.82) is 0 Å². The quantitative estimate of drug-likeness (QED) is 0.714. The van der Waals surface area contributed by atoms with Gasteiger partial charge in [-0.15, -0.1) is 0 Å². The first-order chi connectivity index (χ1) is 12.8. The molecule has 0 aliphatic rings. The van der Waals surface area contributed by atoms with Gasteiger partial charge in [0.25, 0.3) is 5.91 Å². The first kappa shape index (κ1) is 21.4. The number of hydrogen-bond donors (Lipinski definition) is 1. The van der Waals surface area contributed by atoms with E-state index in [0.29, 0.717) is 18.9 Å². The van der Waals surface area contributed by atoms with Crippen molar-refractivity contribution in [2.24, 2.45) is 0 Å². The van der Waals surface area contributed by atoms with E-state index in [4.69, 9.17) is 11.6 Å². The fraction of sp³-hybridized carbons (Fsp3) is 0.444. The van der Waals surface area contributed by atoms with Crippen LogP contribution in [0.3, 0.4) is 0 Å². The topological polar surface area (TPSA) is 84.3 Å². The lowest BCUT2D eigenvalue weighted by Gasteiger charge is -2.19. The predicted molar refractivity (Wildman–Crippen MR) is 107 cm³/mol. The molecule has 0 unspecified atom stereocenters. The number of sulfonamides is 1. The van der Waals surface area contributed by atoms with Gasteiger partial charge in [-0.05, 0) is 31.5 Å². The standard InChI is InChI=1S/C18H25ClN4O3S/c1-5-13(4)23-17(10-11-20-23)21-18(24)14-8-9-15(19)16(12-14)27(25,26)22(6-2)7-3/h8-13H,5-7H2,1-4H3,(H,21,24)/t13-/m1/s1. The molecule has 2 aromatic rings. The van der Waals surface area contributed by atoms with Crippen LogP contribution in [0.1, 0.15) is 50.5 Å². The van der Waals surface area contributed by atoms with Gasteiger partial charge in [-0.25, -0.2) is 13.1 Å². The Morgan fingerprint density at radius 3 is 2.52 bits per heavy atom. The van der Waals surface area contributed by atoms with Gasteiger partial charge >= 0.3 is 0 Å². The number of hydrogen-bond acceptors (Lipinski definition) is 4. The van der Waals surface area contributed by atoms with E-state index in [2.05, 4.69) is 10.4 Å². The second-order valence-corrected chi connectivity index (χ2v) is 8.42. The van der Waals surface area contributed by atoms with Crippen LogP contribution in [0.15, 0.2) is 35.4 Å². The van der Waals surface area contributed by atoms with E-state index in [1.165, 1.54) is 22.5 Å². The van der Waals surface area contributed by atoms with Crippen LogP contribution < -0.4 is 5.32 Å². The molecule has 0 spiro atoms. The highest BCUT2D eigenvalue weighted by atomic mass is 35.5. The zero-order valence-electron chi connectivity index (χ0n) is 15.9. The Balaban J connectivity index is 2.36. The Hall–Kier alpha value is -1.90. The summed E-state index contributed by atoms with van der Waals surface area (Å²) in [5.41, 5.74) is 0.210. The van der Waals surface area contributed by atoms with Crippen molar-refractivity contribution in [3.05, 3.63) is 41.0 Å². The molecule has 0 aliphatic carbocycles. The number of nitrogens with zero attached hydrogens (tertiary/aromatic N) is 3. The minimum Gasteiger partial charge on any atom is -0.307 e. The largest absolute Gasteiger partial charge is 0.307 e. The lowest BCUT2D eigenvalue weighted by molar-refractivity contribution is 0.102. The molecule has 0 bridgehead atoms. The highest BCUT2D eigenvalue weighted by Crippen LogP contribution is 2.26. The molecule has 1 aromatic carbocycles. The van der Waals surface area contributed by atoms with Crippen LogP contribution in [0, 0.1) is 0 Å². The van der Waals surface area contributed by atoms with Crippen molar-refractivity contribution in [3.8, 4) is 0 Å².